The number of aromatic nitrogens is 4. The molecular weight excluding hydrogens is 334 g/mol. The summed E-state index contributed by atoms with van der Waals surface area (Å²) < 4.78 is 1.96. The van der Waals surface area contributed by atoms with Crippen LogP contribution in [0.2, 0.25) is 0 Å². The van der Waals surface area contributed by atoms with Crippen LogP contribution in [0.5, 0.6) is 0 Å². The number of anilines is 1. The molecule has 0 aliphatic heterocycles. The zero-order valence-electron chi connectivity index (χ0n) is 16.4. The Hall–Kier alpha value is -2.69. The molecule has 1 N–H and O–H groups in total. The van der Waals surface area contributed by atoms with E-state index in [1.54, 1.807) is 0 Å². The van der Waals surface area contributed by atoms with Gasteiger partial charge in [-0.1, -0.05) is 49.6 Å². The van der Waals surface area contributed by atoms with Gasteiger partial charge in [-0.2, -0.15) is 4.68 Å². The molecule has 1 saturated carbocycles. The monoisotopic (exact) mass is 361 g/mol. The number of benzene rings is 2. The van der Waals surface area contributed by atoms with E-state index in [9.17, 15) is 0 Å². The van der Waals surface area contributed by atoms with Crippen molar-refractivity contribution in [3.8, 4) is 5.69 Å². The third-order valence-corrected chi connectivity index (χ3v) is 5.66. The molecular formula is C22H27N5. The van der Waals surface area contributed by atoms with Crippen LogP contribution < -0.4 is 5.32 Å². The fraction of sp³-hybridized carbons (Fsp3) is 0.409. The van der Waals surface area contributed by atoms with E-state index in [1.165, 1.54) is 36.0 Å². The second-order valence-electron chi connectivity index (χ2n) is 7.79. The Kier molecular flexibility index (Phi) is 4.68. The minimum Gasteiger partial charge on any atom is -0.373 e. The molecule has 0 radical (unpaired) electrons. The third kappa shape index (κ3) is 3.34. The third-order valence-electron chi connectivity index (χ3n) is 5.66. The average Bonchev–Trinajstić information content (AvgIpc) is 3.12. The van der Waals surface area contributed by atoms with Crippen molar-refractivity contribution in [2.24, 2.45) is 0 Å². The Morgan fingerprint density at radius 3 is 2.33 bits per heavy atom. The molecule has 0 atom stereocenters. The Morgan fingerprint density at radius 1 is 0.926 bits per heavy atom. The maximum atomic E-state index is 4.53. The Labute approximate surface area is 160 Å². The smallest absolute Gasteiger partial charge is 0.181 e. The highest BCUT2D eigenvalue weighted by molar-refractivity contribution is 5.51. The fourth-order valence-electron chi connectivity index (χ4n) is 4.33. The number of para-hydroxylation sites is 1. The van der Waals surface area contributed by atoms with Gasteiger partial charge in [0.2, 0.25) is 0 Å². The first-order valence-electron chi connectivity index (χ1n) is 9.79. The van der Waals surface area contributed by atoms with Crippen molar-refractivity contribution in [1.29, 1.82) is 0 Å². The molecule has 4 rings (SSSR count). The van der Waals surface area contributed by atoms with Crippen LogP contribution in [0.25, 0.3) is 5.69 Å². The summed E-state index contributed by atoms with van der Waals surface area (Å²) in [6, 6.07) is 14.9. The molecule has 0 amide bonds. The van der Waals surface area contributed by atoms with Gasteiger partial charge in [0.05, 0.1) is 11.2 Å². The van der Waals surface area contributed by atoms with E-state index in [0.29, 0.717) is 0 Å². The van der Waals surface area contributed by atoms with Crippen LogP contribution >= 0.6 is 0 Å². The van der Waals surface area contributed by atoms with Gasteiger partial charge in [0.25, 0.3) is 0 Å². The molecule has 0 spiro atoms. The van der Waals surface area contributed by atoms with Crippen LogP contribution in [0.1, 0.15) is 54.6 Å². The Morgan fingerprint density at radius 2 is 1.63 bits per heavy atom. The van der Waals surface area contributed by atoms with E-state index in [2.05, 4.69) is 84.1 Å². The van der Waals surface area contributed by atoms with Gasteiger partial charge >= 0.3 is 0 Å². The summed E-state index contributed by atoms with van der Waals surface area (Å²) in [7, 11) is 0. The van der Waals surface area contributed by atoms with Crippen LogP contribution in [0.4, 0.5) is 5.69 Å². The lowest BCUT2D eigenvalue weighted by Crippen LogP contribution is -2.40. The highest BCUT2D eigenvalue weighted by Crippen LogP contribution is 2.40. The van der Waals surface area contributed by atoms with Crippen molar-refractivity contribution in [2.45, 2.75) is 58.4 Å². The first kappa shape index (κ1) is 17.7. The average molecular weight is 361 g/mol. The highest BCUT2D eigenvalue weighted by Gasteiger charge is 2.39. The molecule has 5 nitrogen and oxygen atoms in total. The number of nitrogens with zero attached hydrogens (tertiary/aromatic N) is 4. The van der Waals surface area contributed by atoms with E-state index in [-0.39, 0.29) is 5.54 Å². The summed E-state index contributed by atoms with van der Waals surface area (Å²) in [5, 5.41) is 16.8. The van der Waals surface area contributed by atoms with Gasteiger partial charge in [-0.25, -0.2) is 0 Å². The van der Waals surface area contributed by atoms with E-state index in [4.69, 9.17) is 0 Å². The number of hydrogen-bond acceptors (Lipinski definition) is 4. The fourth-order valence-corrected chi connectivity index (χ4v) is 4.33. The maximum absolute atomic E-state index is 4.53. The molecule has 1 aromatic heterocycles. The molecule has 1 aliphatic rings. The lowest BCUT2D eigenvalue weighted by molar-refractivity contribution is 0.309. The van der Waals surface area contributed by atoms with Crippen molar-refractivity contribution in [3.63, 3.8) is 0 Å². The summed E-state index contributed by atoms with van der Waals surface area (Å²) in [5.74, 6) is 0.918. The molecule has 27 heavy (non-hydrogen) atoms. The van der Waals surface area contributed by atoms with Gasteiger partial charge in [0.15, 0.2) is 5.82 Å². The molecule has 1 fully saturated rings. The van der Waals surface area contributed by atoms with Crippen molar-refractivity contribution in [2.75, 3.05) is 5.32 Å². The van der Waals surface area contributed by atoms with Gasteiger partial charge in [0.1, 0.15) is 0 Å². The minimum absolute atomic E-state index is 0.246. The zero-order valence-corrected chi connectivity index (χ0v) is 16.4. The van der Waals surface area contributed by atoms with Gasteiger partial charge in [-0.3, -0.25) is 0 Å². The molecule has 0 saturated heterocycles. The van der Waals surface area contributed by atoms with Crippen LogP contribution in [0, 0.1) is 20.8 Å². The summed E-state index contributed by atoms with van der Waals surface area (Å²) in [6.45, 7) is 6.37. The van der Waals surface area contributed by atoms with E-state index >= 15 is 0 Å². The van der Waals surface area contributed by atoms with Crippen molar-refractivity contribution in [1.82, 2.24) is 20.2 Å². The summed E-state index contributed by atoms with van der Waals surface area (Å²) in [6.07, 6.45) is 5.69. The zero-order chi connectivity index (χ0) is 18.9. The number of hydrogen-bond donors (Lipinski definition) is 1. The standard InChI is InChI=1S/C22H27N5/c1-16-9-7-12-19(15-16)23-22(13-5-4-6-14-22)21-24-25-26-27(21)20-17(2)10-8-11-18(20)3/h7-12,15,23H,4-6,13-14H2,1-3H3. The largest absolute Gasteiger partial charge is 0.373 e. The number of aryl methyl sites for hydroxylation is 3. The number of rotatable bonds is 4. The molecule has 140 valence electrons. The van der Waals surface area contributed by atoms with E-state index in [0.717, 1.165) is 30.0 Å². The lowest BCUT2D eigenvalue weighted by Gasteiger charge is -2.38. The Bertz CT molecular complexity index is 917. The van der Waals surface area contributed by atoms with Crippen LogP contribution in [0.15, 0.2) is 42.5 Å². The van der Waals surface area contributed by atoms with Gasteiger partial charge < -0.3 is 5.32 Å². The lowest BCUT2D eigenvalue weighted by atomic mass is 9.80. The quantitative estimate of drug-likeness (QED) is 0.721. The highest BCUT2D eigenvalue weighted by atomic mass is 15.6. The predicted molar refractivity (Wildman–Crippen MR) is 108 cm³/mol. The molecule has 0 unspecified atom stereocenters. The van der Waals surface area contributed by atoms with Gasteiger partial charge in [-0.15, -0.1) is 5.10 Å². The van der Waals surface area contributed by atoms with Crippen LogP contribution in [-0.4, -0.2) is 20.2 Å². The predicted octanol–water partition coefficient (Wildman–Crippen LogP) is 4.86. The van der Waals surface area contributed by atoms with Gasteiger partial charge in [0, 0.05) is 5.69 Å². The second kappa shape index (κ2) is 7.14. The van der Waals surface area contributed by atoms with E-state index in [1.807, 2.05) is 4.68 Å². The van der Waals surface area contributed by atoms with Crippen molar-refractivity contribution >= 4 is 5.69 Å². The molecule has 3 aromatic rings. The molecule has 5 heteroatoms. The van der Waals surface area contributed by atoms with Crippen LogP contribution in [0.3, 0.4) is 0 Å². The molecule has 1 aliphatic carbocycles. The molecule has 0 bridgehead atoms. The second-order valence-corrected chi connectivity index (χ2v) is 7.79. The topological polar surface area (TPSA) is 55.6 Å². The first-order valence-corrected chi connectivity index (χ1v) is 9.79. The maximum Gasteiger partial charge on any atom is 0.181 e. The van der Waals surface area contributed by atoms with Crippen LogP contribution in [-0.2, 0) is 5.54 Å². The summed E-state index contributed by atoms with van der Waals surface area (Å²) >= 11 is 0. The Balaban J connectivity index is 1.82. The summed E-state index contributed by atoms with van der Waals surface area (Å²) in [5.41, 5.74) is 5.60. The minimum atomic E-state index is -0.246. The van der Waals surface area contributed by atoms with Crippen molar-refractivity contribution in [3.05, 3.63) is 65.0 Å². The normalized spacial score (nSPS) is 16.3. The first-order chi connectivity index (χ1) is 13.1. The number of tetrazole rings is 1. The van der Waals surface area contributed by atoms with Gasteiger partial charge in [-0.05, 0) is 72.9 Å². The SMILES string of the molecule is Cc1cccc(NC2(c3nnnn3-c3c(C)cccc3C)CCCCC2)c1. The summed E-state index contributed by atoms with van der Waals surface area (Å²) in [4.78, 5) is 0. The number of nitrogens with one attached hydrogen (secondary N) is 1. The molecule has 2 aromatic carbocycles. The van der Waals surface area contributed by atoms with E-state index < -0.39 is 0 Å². The van der Waals surface area contributed by atoms with Crippen molar-refractivity contribution < 1.29 is 0 Å². The molecule has 1 heterocycles.